The molecule has 0 unspecified atom stereocenters. The molecule has 14 heavy (non-hydrogen) atoms. The predicted octanol–water partition coefficient (Wildman–Crippen LogP) is 3.49. The van der Waals surface area contributed by atoms with E-state index in [0.29, 0.717) is 0 Å². The zero-order chi connectivity index (χ0) is 11.0. The van der Waals surface area contributed by atoms with Gasteiger partial charge in [0.25, 0.3) is 0 Å². The summed E-state index contributed by atoms with van der Waals surface area (Å²) in [6.07, 6.45) is 4.29. The second-order valence-corrected chi connectivity index (χ2v) is 6.11. The number of hydrogen-bond donors (Lipinski definition) is 1. The molecule has 0 saturated heterocycles. The van der Waals surface area contributed by atoms with Crippen LogP contribution in [0.3, 0.4) is 0 Å². The number of rotatable bonds is 0. The van der Waals surface area contributed by atoms with Crippen LogP contribution in [0.5, 0.6) is 0 Å². The molecule has 0 aromatic heterocycles. The summed E-state index contributed by atoms with van der Waals surface area (Å²) in [5, 5.41) is 3.31. The molecular formula is C13H23N. The van der Waals surface area contributed by atoms with Crippen molar-refractivity contribution in [3.8, 4) is 0 Å². The SMILES string of the molecule is CC(C)(C)C1=C(C(C)(C)C)CNC=C1. The van der Waals surface area contributed by atoms with Gasteiger partial charge in [-0.1, -0.05) is 41.5 Å². The van der Waals surface area contributed by atoms with E-state index >= 15 is 0 Å². The van der Waals surface area contributed by atoms with E-state index in [9.17, 15) is 0 Å². The molecule has 1 heteroatoms. The van der Waals surface area contributed by atoms with Gasteiger partial charge in [0.05, 0.1) is 0 Å². The molecule has 0 bridgehead atoms. The maximum atomic E-state index is 3.31. The van der Waals surface area contributed by atoms with Crippen LogP contribution in [0.4, 0.5) is 0 Å². The molecule has 0 radical (unpaired) electrons. The summed E-state index contributed by atoms with van der Waals surface area (Å²) >= 11 is 0. The number of nitrogens with one attached hydrogen (secondary N) is 1. The molecule has 1 N–H and O–H groups in total. The van der Waals surface area contributed by atoms with Crippen LogP contribution < -0.4 is 5.32 Å². The van der Waals surface area contributed by atoms with E-state index in [0.717, 1.165) is 6.54 Å². The van der Waals surface area contributed by atoms with Crippen LogP contribution in [0.1, 0.15) is 41.5 Å². The average molecular weight is 193 g/mol. The fourth-order valence-corrected chi connectivity index (χ4v) is 1.87. The summed E-state index contributed by atoms with van der Waals surface area (Å²) in [5.41, 5.74) is 3.54. The van der Waals surface area contributed by atoms with Crippen LogP contribution in [0.2, 0.25) is 0 Å². The van der Waals surface area contributed by atoms with Gasteiger partial charge in [-0.15, -0.1) is 0 Å². The quantitative estimate of drug-likeness (QED) is 0.621. The second-order valence-electron chi connectivity index (χ2n) is 6.11. The molecule has 0 amide bonds. The van der Waals surface area contributed by atoms with E-state index in [4.69, 9.17) is 0 Å². The largest absolute Gasteiger partial charge is 0.387 e. The normalized spacial score (nSPS) is 18.4. The highest BCUT2D eigenvalue weighted by atomic mass is 14.8. The Morgan fingerprint density at radius 1 is 1.00 bits per heavy atom. The molecule has 0 aromatic carbocycles. The van der Waals surface area contributed by atoms with Crippen LogP contribution in [0.25, 0.3) is 0 Å². The van der Waals surface area contributed by atoms with Crippen LogP contribution >= 0.6 is 0 Å². The summed E-state index contributed by atoms with van der Waals surface area (Å²) in [7, 11) is 0. The van der Waals surface area contributed by atoms with Crippen molar-refractivity contribution < 1.29 is 0 Å². The fourth-order valence-electron chi connectivity index (χ4n) is 1.87. The molecule has 0 aromatic rings. The van der Waals surface area contributed by atoms with E-state index in [2.05, 4.69) is 59.1 Å². The topological polar surface area (TPSA) is 12.0 Å². The Kier molecular flexibility index (Phi) is 2.80. The first-order valence-corrected chi connectivity index (χ1v) is 5.37. The first-order chi connectivity index (χ1) is 6.23. The molecule has 80 valence electrons. The van der Waals surface area contributed by atoms with Crippen molar-refractivity contribution in [3.05, 3.63) is 23.4 Å². The molecule has 1 nitrogen and oxygen atoms in total. The molecular weight excluding hydrogens is 170 g/mol. The summed E-state index contributed by atoms with van der Waals surface area (Å²) in [4.78, 5) is 0. The van der Waals surface area contributed by atoms with Crippen molar-refractivity contribution >= 4 is 0 Å². The lowest BCUT2D eigenvalue weighted by molar-refractivity contribution is 0.437. The van der Waals surface area contributed by atoms with Crippen LogP contribution in [0.15, 0.2) is 23.4 Å². The highest BCUT2D eigenvalue weighted by Gasteiger charge is 2.27. The third kappa shape index (κ3) is 2.40. The first kappa shape index (κ1) is 11.4. The van der Waals surface area contributed by atoms with E-state index in [1.54, 1.807) is 0 Å². The number of allylic oxidation sites excluding steroid dienone is 2. The van der Waals surface area contributed by atoms with Crippen molar-refractivity contribution in [1.82, 2.24) is 5.32 Å². The first-order valence-electron chi connectivity index (χ1n) is 5.37. The Hall–Kier alpha value is -0.720. The van der Waals surface area contributed by atoms with Gasteiger partial charge in [-0.25, -0.2) is 0 Å². The maximum absolute atomic E-state index is 3.31. The standard InChI is InChI=1S/C13H23N/c1-12(2,3)10-7-8-14-9-11(10)13(4,5)6/h7-8,14H,9H2,1-6H3. The number of hydrogen-bond acceptors (Lipinski definition) is 1. The van der Waals surface area contributed by atoms with E-state index in [1.807, 2.05) is 0 Å². The van der Waals surface area contributed by atoms with Crippen LogP contribution in [-0.4, -0.2) is 6.54 Å². The second kappa shape index (κ2) is 3.45. The van der Waals surface area contributed by atoms with E-state index in [-0.39, 0.29) is 10.8 Å². The fraction of sp³-hybridized carbons (Fsp3) is 0.692. The van der Waals surface area contributed by atoms with Gasteiger partial charge in [0.15, 0.2) is 0 Å². The molecule has 0 spiro atoms. The van der Waals surface area contributed by atoms with Gasteiger partial charge >= 0.3 is 0 Å². The van der Waals surface area contributed by atoms with E-state index < -0.39 is 0 Å². The van der Waals surface area contributed by atoms with Gasteiger partial charge in [0.1, 0.15) is 0 Å². The summed E-state index contributed by atoms with van der Waals surface area (Å²) in [5.74, 6) is 0. The minimum absolute atomic E-state index is 0.251. The molecule has 0 atom stereocenters. The Morgan fingerprint density at radius 3 is 1.93 bits per heavy atom. The Labute approximate surface area is 88.3 Å². The molecule has 1 heterocycles. The lowest BCUT2D eigenvalue weighted by Crippen LogP contribution is -2.28. The van der Waals surface area contributed by atoms with Gasteiger partial charge in [-0.05, 0) is 34.3 Å². The van der Waals surface area contributed by atoms with Crippen LogP contribution in [-0.2, 0) is 0 Å². The van der Waals surface area contributed by atoms with E-state index in [1.165, 1.54) is 11.1 Å². The molecule has 0 fully saturated rings. The predicted molar refractivity (Wildman–Crippen MR) is 63.1 cm³/mol. The third-order valence-electron chi connectivity index (χ3n) is 2.69. The average Bonchev–Trinajstić information content (AvgIpc) is 2.01. The Bertz CT molecular complexity index is 269. The molecule has 0 saturated carbocycles. The summed E-state index contributed by atoms with van der Waals surface area (Å²) < 4.78 is 0. The zero-order valence-corrected chi connectivity index (χ0v) is 10.4. The molecule has 0 aliphatic carbocycles. The zero-order valence-electron chi connectivity index (χ0n) is 10.4. The van der Waals surface area contributed by atoms with Gasteiger partial charge in [-0.3, -0.25) is 0 Å². The molecule has 1 rings (SSSR count). The Morgan fingerprint density at radius 2 is 1.57 bits per heavy atom. The highest BCUT2D eigenvalue weighted by Crippen LogP contribution is 2.37. The van der Waals surface area contributed by atoms with Gasteiger partial charge < -0.3 is 5.32 Å². The third-order valence-corrected chi connectivity index (χ3v) is 2.69. The van der Waals surface area contributed by atoms with Crippen molar-refractivity contribution in [2.45, 2.75) is 41.5 Å². The maximum Gasteiger partial charge on any atom is 0.0365 e. The summed E-state index contributed by atoms with van der Waals surface area (Å²) in [6.45, 7) is 14.7. The molecule has 1 aliphatic rings. The van der Waals surface area contributed by atoms with Gasteiger partial charge in [0, 0.05) is 6.54 Å². The van der Waals surface area contributed by atoms with Gasteiger partial charge in [0.2, 0.25) is 0 Å². The Balaban J connectivity index is 3.18. The van der Waals surface area contributed by atoms with Crippen molar-refractivity contribution in [2.75, 3.05) is 6.54 Å². The number of dihydropyridines is 1. The van der Waals surface area contributed by atoms with Crippen molar-refractivity contribution in [3.63, 3.8) is 0 Å². The van der Waals surface area contributed by atoms with Gasteiger partial charge in [-0.2, -0.15) is 0 Å². The molecule has 1 aliphatic heterocycles. The van der Waals surface area contributed by atoms with Crippen molar-refractivity contribution in [1.29, 1.82) is 0 Å². The summed E-state index contributed by atoms with van der Waals surface area (Å²) in [6, 6.07) is 0. The highest BCUT2D eigenvalue weighted by molar-refractivity contribution is 5.37. The minimum atomic E-state index is 0.251. The van der Waals surface area contributed by atoms with Crippen LogP contribution in [0, 0.1) is 10.8 Å². The lowest BCUT2D eigenvalue weighted by Gasteiger charge is -2.34. The minimum Gasteiger partial charge on any atom is -0.387 e. The smallest absolute Gasteiger partial charge is 0.0365 e. The lowest BCUT2D eigenvalue weighted by atomic mass is 9.74. The monoisotopic (exact) mass is 193 g/mol. The van der Waals surface area contributed by atoms with Crippen molar-refractivity contribution in [2.24, 2.45) is 10.8 Å².